The predicted octanol–water partition coefficient (Wildman–Crippen LogP) is 0.750. The van der Waals surface area contributed by atoms with Crippen molar-refractivity contribution in [3.63, 3.8) is 0 Å². The number of carboxylic acid groups (broad SMARTS) is 1. The molecule has 0 aromatic rings. The third-order valence-corrected chi connectivity index (χ3v) is 4.56. The van der Waals surface area contributed by atoms with Crippen LogP contribution in [0.1, 0.15) is 32.6 Å². The average molecular weight is 270 g/mol. The van der Waals surface area contributed by atoms with Gasteiger partial charge in [-0.2, -0.15) is 0 Å². The number of β-amino-alcohol motifs (C(OH)–C–C–N with tert-alkyl or cyclic N) is 1. The molecule has 2 saturated heterocycles. The number of carboxylic acids is 1. The van der Waals surface area contributed by atoms with Gasteiger partial charge in [-0.3, -0.25) is 4.79 Å². The highest BCUT2D eigenvalue weighted by molar-refractivity contribution is 5.77. The van der Waals surface area contributed by atoms with Crippen molar-refractivity contribution in [3.05, 3.63) is 0 Å². The Balaban J connectivity index is 1.92. The zero-order valence-corrected chi connectivity index (χ0v) is 11.3. The van der Waals surface area contributed by atoms with E-state index in [1.54, 1.807) is 9.80 Å². The number of hydrogen-bond donors (Lipinski definition) is 2. The smallest absolute Gasteiger partial charge is 0.320 e. The maximum Gasteiger partial charge on any atom is 0.320 e. The first-order chi connectivity index (χ1) is 8.98. The van der Waals surface area contributed by atoms with Crippen molar-refractivity contribution in [2.45, 2.75) is 38.7 Å². The van der Waals surface area contributed by atoms with Crippen LogP contribution in [0.3, 0.4) is 0 Å². The second kappa shape index (κ2) is 5.36. The highest BCUT2D eigenvalue weighted by atomic mass is 16.4. The molecule has 2 aliphatic rings. The summed E-state index contributed by atoms with van der Waals surface area (Å²) in [6.07, 6.45) is 1.85. The quantitative estimate of drug-likeness (QED) is 0.776. The summed E-state index contributed by atoms with van der Waals surface area (Å²) in [4.78, 5) is 26.9. The van der Waals surface area contributed by atoms with Crippen molar-refractivity contribution in [1.29, 1.82) is 0 Å². The molecule has 6 heteroatoms. The fourth-order valence-electron chi connectivity index (χ4n) is 2.96. The van der Waals surface area contributed by atoms with E-state index in [-0.39, 0.29) is 6.03 Å². The number of piperidine rings is 1. The second-order valence-corrected chi connectivity index (χ2v) is 5.60. The van der Waals surface area contributed by atoms with Gasteiger partial charge >= 0.3 is 12.0 Å². The lowest BCUT2D eigenvalue weighted by Crippen LogP contribution is -2.50. The Bertz CT molecular complexity index is 364. The molecule has 2 aliphatic heterocycles. The summed E-state index contributed by atoms with van der Waals surface area (Å²) in [6.45, 7) is 3.86. The van der Waals surface area contributed by atoms with Gasteiger partial charge in [0.05, 0.1) is 11.5 Å². The van der Waals surface area contributed by atoms with Gasteiger partial charge in [0.15, 0.2) is 0 Å². The van der Waals surface area contributed by atoms with E-state index in [0.29, 0.717) is 51.9 Å². The highest BCUT2D eigenvalue weighted by Crippen LogP contribution is 2.35. The third-order valence-electron chi connectivity index (χ3n) is 4.56. The Kier molecular flexibility index (Phi) is 3.99. The summed E-state index contributed by atoms with van der Waals surface area (Å²) in [5.74, 6) is -0.751. The van der Waals surface area contributed by atoms with E-state index in [4.69, 9.17) is 0 Å². The minimum atomic E-state index is -0.751. The topological polar surface area (TPSA) is 81.1 Å². The van der Waals surface area contributed by atoms with Crippen LogP contribution in [0.25, 0.3) is 0 Å². The molecule has 19 heavy (non-hydrogen) atoms. The summed E-state index contributed by atoms with van der Waals surface area (Å²) < 4.78 is 0. The van der Waals surface area contributed by atoms with Crippen molar-refractivity contribution in [1.82, 2.24) is 9.80 Å². The molecule has 2 N–H and O–H groups in total. The maximum atomic E-state index is 12.2. The largest absolute Gasteiger partial charge is 0.481 e. The second-order valence-electron chi connectivity index (χ2n) is 5.60. The molecule has 0 saturated carbocycles. The fourth-order valence-corrected chi connectivity index (χ4v) is 2.96. The Morgan fingerprint density at radius 1 is 1.21 bits per heavy atom. The van der Waals surface area contributed by atoms with Crippen LogP contribution in [0, 0.1) is 5.41 Å². The standard InChI is InChI=1S/C13H22N2O4/c1-2-13(11(17)18)4-7-14(8-5-13)12(19)15-6-3-10(16)9-15/h10,16H,2-9H2,1H3,(H,17,18). The number of aliphatic carboxylic acids is 1. The van der Waals surface area contributed by atoms with Gasteiger partial charge in [-0.05, 0) is 25.7 Å². The molecule has 2 amide bonds. The number of urea groups is 1. The van der Waals surface area contributed by atoms with Crippen LogP contribution < -0.4 is 0 Å². The van der Waals surface area contributed by atoms with Crippen LogP contribution in [0.5, 0.6) is 0 Å². The minimum Gasteiger partial charge on any atom is -0.481 e. The van der Waals surface area contributed by atoms with Gasteiger partial charge in [0.25, 0.3) is 0 Å². The Labute approximate surface area is 113 Å². The SMILES string of the molecule is CCC1(C(=O)O)CCN(C(=O)N2CCC(O)C2)CC1. The molecule has 2 rings (SSSR count). The fraction of sp³-hybridized carbons (Fsp3) is 0.846. The Hall–Kier alpha value is -1.30. The van der Waals surface area contributed by atoms with Gasteiger partial charge < -0.3 is 20.0 Å². The first kappa shape index (κ1) is 14.1. The van der Waals surface area contributed by atoms with E-state index in [0.717, 1.165) is 0 Å². The van der Waals surface area contributed by atoms with Gasteiger partial charge in [-0.25, -0.2) is 4.79 Å². The summed E-state index contributed by atoms with van der Waals surface area (Å²) in [5, 5.41) is 18.8. The van der Waals surface area contributed by atoms with Gasteiger partial charge in [0.1, 0.15) is 0 Å². The minimum absolute atomic E-state index is 0.0633. The number of carbonyl (C=O) groups is 2. The number of likely N-dealkylation sites (tertiary alicyclic amines) is 2. The Morgan fingerprint density at radius 2 is 1.84 bits per heavy atom. The number of aliphatic hydroxyl groups excluding tert-OH is 1. The highest BCUT2D eigenvalue weighted by Gasteiger charge is 2.41. The lowest BCUT2D eigenvalue weighted by molar-refractivity contribution is -0.152. The number of amides is 2. The van der Waals surface area contributed by atoms with Crippen molar-refractivity contribution in [2.75, 3.05) is 26.2 Å². The van der Waals surface area contributed by atoms with Gasteiger partial charge in [-0.1, -0.05) is 6.92 Å². The van der Waals surface area contributed by atoms with Crippen molar-refractivity contribution in [3.8, 4) is 0 Å². The summed E-state index contributed by atoms with van der Waals surface area (Å²) in [7, 11) is 0. The Morgan fingerprint density at radius 3 is 2.26 bits per heavy atom. The average Bonchev–Trinajstić information content (AvgIpc) is 2.84. The van der Waals surface area contributed by atoms with Gasteiger partial charge in [0, 0.05) is 26.2 Å². The zero-order valence-electron chi connectivity index (χ0n) is 11.3. The number of nitrogens with zero attached hydrogens (tertiary/aromatic N) is 2. The molecule has 0 radical (unpaired) electrons. The molecule has 108 valence electrons. The molecule has 0 bridgehead atoms. The zero-order chi connectivity index (χ0) is 14.0. The molecular weight excluding hydrogens is 248 g/mol. The first-order valence-corrected chi connectivity index (χ1v) is 6.94. The van der Waals surface area contributed by atoms with Crippen LogP contribution in [0.4, 0.5) is 4.79 Å². The van der Waals surface area contributed by atoms with Gasteiger partial charge in [0.2, 0.25) is 0 Å². The van der Waals surface area contributed by atoms with E-state index in [9.17, 15) is 19.8 Å². The molecule has 1 unspecified atom stereocenters. The summed E-state index contributed by atoms with van der Waals surface area (Å²) >= 11 is 0. The molecule has 1 atom stereocenters. The number of carbonyl (C=O) groups excluding carboxylic acids is 1. The lowest BCUT2D eigenvalue weighted by atomic mass is 9.76. The van der Waals surface area contributed by atoms with Crippen molar-refractivity contribution < 1.29 is 19.8 Å². The molecule has 0 aromatic heterocycles. The van der Waals surface area contributed by atoms with Crippen molar-refractivity contribution in [2.24, 2.45) is 5.41 Å². The molecule has 2 heterocycles. The van der Waals surface area contributed by atoms with E-state index < -0.39 is 17.5 Å². The van der Waals surface area contributed by atoms with Crippen molar-refractivity contribution >= 4 is 12.0 Å². The van der Waals surface area contributed by atoms with E-state index in [1.807, 2.05) is 6.92 Å². The van der Waals surface area contributed by atoms with Crippen LogP contribution in [0.15, 0.2) is 0 Å². The third kappa shape index (κ3) is 2.68. The lowest BCUT2D eigenvalue weighted by Gasteiger charge is -2.39. The monoisotopic (exact) mass is 270 g/mol. The molecular formula is C13H22N2O4. The molecule has 2 fully saturated rings. The van der Waals surface area contributed by atoms with Crippen LogP contribution in [-0.2, 0) is 4.79 Å². The van der Waals surface area contributed by atoms with E-state index >= 15 is 0 Å². The predicted molar refractivity (Wildman–Crippen MR) is 68.8 cm³/mol. The number of rotatable bonds is 2. The molecule has 6 nitrogen and oxygen atoms in total. The number of aliphatic hydroxyl groups is 1. The summed E-state index contributed by atoms with van der Waals surface area (Å²) in [5.41, 5.74) is -0.665. The molecule has 0 aromatic carbocycles. The first-order valence-electron chi connectivity index (χ1n) is 6.94. The maximum absolute atomic E-state index is 12.2. The molecule has 0 spiro atoms. The summed E-state index contributed by atoms with van der Waals surface area (Å²) in [6, 6.07) is -0.0633. The number of hydrogen-bond acceptors (Lipinski definition) is 3. The van der Waals surface area contributed by atoms with E-state index in [1.165, 1.54) is 0 Å². The van der Waals surface area contributed by atoms with E-state index in [2.05, 4.69) is 0 Å². The van der Waals surface area contributed by atoms with Crippen LogP contribution in [-0.4, -0.2) is 64.3 Å². The van der Waals surface area contributed by atoms with Gasteiger partial charge in [-0.15, -0.1) is 0 Å². The normalized spacial score (nSPS) is 26.5. The molecule has 0 aliphatic carbocycles. The van der Waals surface area contributed by atoms with Crippen LogP contribution in [0.2, 0.25) is 0 Å². The van der Waals surface area contributed by atoms with Crippen LogP contribution >= 0.6 is 0 Å².